The van der Waals surface area contributed by atoms with Crippen LogP contribution in [0.15, 0.2) is 24.3 Å². The van der Waals surface area contributed by atoms with Crippen molar-refractivity contribution >= 4 is 5.69 Å². The number of nitrogens with zero attached hydrogens (tertiary/aromatic N) is 3. The van der Waals surface area contributed by atoms with Crippen molar-refractivity contribution in [1.82, 2.24) is 4.90 Å². The SMILES string of the molecule is CC(O)C1CCN(Cc2ccc(N(C)CCC#N)cc2)CC1. The minimum atomic E-state index is -0.176. The molecular formula is C18H27N3O. The molecule has 1 fully saturated rings. The van der Waals surface area contributed by atoms with Crippen molar-refractivity contribution in [2.45, 2.75) is 38.8 Å². The number of aliphatic hydroxyl groups is 1. The van der Waals surface area contributed by atoms with Crippen molar-refractivity contribution in [1.29, 1.82) is 5.26 Å². The minimum Gasteiger partial charge on any atom is -0.393 e. The lowest BCUT2D eigenvalue weighted by molar-refractivity contribution is 0.0695. The molecule has 1 saturated heterocycles. The number of hydrogen-bond acceptors (Lipinski definition) is 4. The van der Waals surface area contributed by atoms with Gasteiger partial charge in [0.25, 0.3) is 0 Å². The predicted octanol–water partition coefficient (Wildman–Crippen LogP) is 2.63. The first-order chi connectivity index (χ1) is 10.6. The summed E-state index contributed by atoms with van der Waals surface area (Å²) in [5.41, 5.74) is 2.49. The van der Waals surface area contributed by atoms with Gasteiger partial charge in [0.05, 0.1) is 18.6 Å². The number of benzene rings is 1. The number of likely N-dealkylation sites (tertiary alicyclic amines) is 1. The Balaban J connectivity index is 1.83. The van der Waals surface area contributed by atoms with Crippen LogP contribution in [0.25, 0.3) is 0 Å². The zero-order chi connectivity index (χ0) is 15.9. The molecule has 1 N–H and O–H groups in total. The Morgan fingerprint density at radius 1 is 1.32 bits per heavy atom. The summed E-state index contributed by atoms with van der Waals surface area (Å²) in [5, 5.41) is 18.3. The quantitative estimate of drug-likeness (QED) is 0.877. The average molecular weight is 301 g/mol. The Labute approximate surface area is 134 Å². The van der Waals surface area contributed by atoms with Crippen molar-refractivity contribution in [2.24, 2.45) is 5.92 Å². The summed E-state index contributed by atoms with van der Waals surface area (Å²) in [5.74, 6) is 0.465. The van der Waals surface area contributed by atoms with Gasteiger partial charge in [0.15, 0.2) is 0 Å². The monoisotopic (exact) mass is 301 g/mol. The second-order valence-corrected chi connectivity index (χ2v) is 6.35. The third-order valence-electron chi connectivity index (χ3n) is 4.66. The van der Waals surface area contributed by atoms with Gasteiger partial charge in [-0.1, -0.05) is 12.1 Å². The van der Waals surface area contributed by atoms with Gasteiger partial charge >= 0.3 is 0 Å². The van der Waals surface area contributed by atoms with Gasteiger partial charge in [0.2, 0.25) is 0 Å². The Kier molecular flexibility index (Phi) is 6.23. The zero-order valence-electron chi connectivity index (χ0n) is 13.7. The fourth-order valence-corrected chi connectivity index (χ4v) is 3.05. The maximum absolute atomic E-state index is 9.65. The number of anilines is 1. The first-order valence-electron chi connectivity index (χ1n) is 8.17. The molecule has 0 aliphatic carbocycles. The molecule has 1 aliphatic heterocycles. The van der Waals surface area contributed by atoms with E-state index in [-0.39, 0.29) is 6.10 Å². The Bertz CT molecular complexity index is 484. The summed E-state index contributed by atoms with van der Waals surface area (Å²) < 4.78 is 0. The van der Waals surface area contributed by atoms with Crippen LogP contribution in [0.5, 0.6) is 0 Å². The van der Waals surface area contributed by atoms with E-state index in [1.807, 2.05) is 14.0 Å². The molecule has 0 bridgehead atoms. The molecule has 1 heterocycles. The van der Waals surface area contributed by atoms with Gasteiger partial charge in [0, 0.05) is 25.8 Å². The van der Waals surface area contributed by atoms with Crippen molar-refractivity contribution < 1.29 is 5.11 Å². The van der Waals surface area contributed by atoms with E-state index in [2.05, 4.69) is 40.1 Å². The van der Waals surface area contributed by atoms with E-state index in [1.54, 1.807) is 0 Å². The Morgan fingerprint density at radius 2 is 1.95 bits per heavy atom. The largest absolute Gasteiger partial charge is 0.393 e. The van der Waals surface area contributed by atoms with Crippen molar-refractivity contribution in [3.8, 4) is 6.07 Å². The number of rotatable bonds is 6. The van der Waals surface area contributed by atoms with Gasteiger partial charge in [0.1, 0.15) is 0 Å². The van der Waals surface area contributed by atoms with Crippen molar-refractivity contribution in [2.75, 3.05) is 31.6 Å². The van der Waals surface area contributed by atoms with Crippen LogP contribution >= 0.6 is 0 Å². The molecule has 0 radical (unpaired) electrons. The normalized spacial score (nSPS) is 17.9. The third kappa shape index (κ3) is 4.72. The molecule has 120 valence electrons. The average Bonchev–Trinajstić information content (AvgIpc) is 2.54. The number of nitriles is 1. The molecule has 4 heteroatoms. The van der Waals surface area contributed by atoms with Gasteiger partial charge in [-0.2, -0.15) is 5.26 Å². The van der Waals surface area contributed by atoms with Gasteiger partial charge in [-0.05, 0) is 56.5 Å². The van der Waals surface area contributed by atoms with Gasteiger partial charge in [-0.3, -0.25) is 4.90 Å². The van der Waals surface area contributed by atoms with Crippen LogP contribution in [0.1, 0.15) is 31.7 Å². The number of piperidine rings is 1. The fraction of sp³-hybridized carbons (Fsp3) is 0.611. The second-order valence-electron chi connectivity index (χ2n) is 6.35. The summed E-state index contributed by atoms with van der Waals surface area (Å²) >= 11 is 0. The lowest BCUT2D eigenvalue weighted by Gasteiger charge is -2.33. The highest BCUT2D eigenvalue weighted by Crippen LogP contribution is 2.22. The zero-order valence-corrected chi connectivity index (χ0v) is 13.7. The van der Waals surface area contributed by atoms with Crippen LogP contribution in [0.4, 0.5) is 5.69 Å². The molecule has 1 aromatic rings. The van der Waals surface area contributed by atoms with Crippen LogP contribution in [0.3, 0.4) is 0 Å². The van der Waals surface area contributed by atoms with E-state index in [1.165, 1.54) is 5.56 Å². The number of aliphatic hydroxyl groups excluding tert-OH is 1. The predicted molar refractivity (Wildman–Crippen MR) is 89.6 cm³/mol. The second kappa shape index (κ2) is 8.17. The molecule has 0 spiro atoms. The van der Waals surface area contributed by atoms with E-state index < -0.39 is 0 Å². The van der Waals surface area contributed by atoms with E-state index in [4.69, 9.17) is 5.26 Å². The van der Waals surface area contributed by atoms with Crippen LogP contribution in [0, 0.1) is 17.2 Å². The fourth-order valence-electron chi connectivity index (χ4n) is 3.05. The molecule has 0 amide bonds. The van der Waals surface area contributed by atoms with Crippen LogP contribution in [-0.4, -0.2) is 42.8 Å². The summed E-state index contributed by atoms with van der Waals surface area (Å²) in [7, 11) is 2.02. The molecule has 22 heavy (non-hydrogen) atoms. The van der Waals surface area contributed by atoms with Gasteiger partial charge in [-0.25, -0.2) is 0 Å². The van der Waals surface area contributed by atoms with Crippen LogP contribution < -0.4 is 4.90 Å². The van der Waals surface area contributed by atoms with E-state index in [9.17, 15) is 5.11 Å². The first-order valence-corrected chi connectivity index (χ1v) is 8.17. The minimum absolute atomic E-state index is 0.176. The molecule has 1 aromatic carbocycles. The van der Waals surface area contributed by atoms with Gasteiger partial charge < -0.3 is 10.0 Å². The molecule has 1 atom stereocenters. The molecule has 1 unspecified atom stereocenters. The molecule has 0 aromatic heterocycles. The molecular weight excluding hydrogens is 274 g/mol. The summed E-state index contributed by atoms with van der Waals surface area (Å²) in [4.78, 5) is 4.58. The van der Waals surface area contributed by atoms with E-state index >= 15 is 0 Å². The molecule has 1 aliphatic rings. The van der Waals surface area contributed by atoms with Crippen molar-refractivity contribution in [3.63, 3.8) is 0 Å². The van der Waals surface area contributed by atoms with Crippen LogP contribution in [-0.2, 0) is 6.54 Å². The smallest absolute Gasteiger partial charge is 0.0640 e. The van der Waals surface area contributed by atoms with E-state index in [0.29, 0.717) is 12.3 Å². The topological polar surface area (TPSA) is 50.5 Å². The third-order valence-corrected chi connectivity index (χ3v) is 4.66. The highest BCUT2D eigenvalue weighted by atomic mass is 16.3. The van der Waals surface area contributed by atoms with Gasteiger partial charge in [-0.15, -0.1) is 0 Å². The Morgan fingerprint density at radius 3 is 2.50 bits per heavy atom. The lowest BCUT2D eigenvalue weighted by Crippen LogP contribution is -2.36. The Hall–Kier alpha value is -1.57. The summed E-state index contributed by atoms with van der Waals surface area (Å²) in [6, 6.07) is 10.8. The highest BCUT2D eigenvalue weighted by molar-refractivity contribution is 5.46. The number of hydrogen-bond donors (Lipinski definition) is 1. The van der Waals surface area contributed by atoms with E-state index in [0.717, 1.165) is 44.7 Å². The van der Waals surface area contributed by atoms with Crippen LogP contribution in [0.2, 0.25) is 0 Å². The van der Waals surface area contributed by atoms with Crippen molar-refractivity contribution in [3.05, 3.63) is 29.8 Å². The molecule has 4 nitrogen and oxygen atoms in total. The standard InChI is InChI=1S/C18H27N3O/c1-15(22)17-8-12-21(13-9-17)14-16-4-6-18(7-5-16)20(2)11-3-10-19/h4-7,15,17,22H,3,8-9,11-14H2,1-2H3. The molecule has 0 saturated carbocycles. The summed E-state index contributed by atoms with van der Waals surface area (Å²) in [6.45, 7) is 5.79. The first kappa shape index (κ1) is 16.8. The maximum atomic E-state index is 9.65. The molecule has 2 rings (SSSR count). The summed E-state index contributed by atoms with van der Waals surface area (Å²) in [6.07, 6.45) is 2.56. The lowest BCUT2D eigenvalue weighted by atomic mass is 9.92. The highest BCUT2D eigenvalue weighted by Gasteiger charge is 2.22. The maximum Gasteiger partial charge on any atom is 0.0640 e.